The van der Waals surface area contributed by atoms with Crippen molar-refractivity contribution in [1.29, 1.82) is 0 Å². The van der Waals surface area contributed by atoms with Crippen LogP contribution in [0.25, 0.3) is 0 Å². The van der Waals surface area contributed by atoms with Crippen molar-refractivity contribution in [3.8, 4) is 0 Å². The van der Waals surface area contributed by atoms with E-state index in [4.69, 9.17) is 22.7 Å². The quantitative estimate of drug-likeness (QED) is 0.579. The van der Waals surface area contributed by atoms with Crippen molar-refractivity contribution in [3.63, 3.8) is 0 Å². The highest BCUT2D eigenvalue weighted by Crippen LogP contribution is 2.05. The summed E-state index contributed by atoms with van der Waals surface area (Å²) in [5.41, 5.74) is 6.81. The fourth-order valence-corrected chi connectivity index (χ4v) is 1.62. The van der Waals surface area contributed by atoms with Crippen LogP contribution in [-0.2, 0) is 4.74 Å². The van der Waals surface area contributed by atoms with Gasteiger partial charge in [0.1, 0.15) is 4.99 Å². The molecule has 0 fully saturated rings. The zero-order valence-electron chi connectivity index (χ0n) is 10.4. The van der Waals surface area contributed by atoms with Crippen LogP contribution in [0.3, 0.4) is 0 Å². The van der Waals surface area contributed by atoms with Crippen LogP contribution in [0.15, 0.2) is 24.3 Å². The Balaban J connectivity index is 2.46. The van der Waals surface area contributed by atoms with E-state index in [0.717, 1.165) is 12.8 Å². The zero-order valence-corrected chi connectivity index (χ0v) is 11.3. The van der Waals surface area contributed by atoms with Gasteiger partial charge in [-0.3, -0.25) is 4.79 Å². The van der Waals surface area contributed by atoms with Gasteiger partial charge in [-0.2, -0.15) is 0 Å². The number of hydrogen-bond acceptors (Lipinski definition) is 3. The molecule has 18 heavy (non-hydrogen) atoms. The Labute approximate surface area is 113 Å². The summed E-state index contributed by atoms with van der Waals surface area (Å²) < 4.78 is 4.93. The molecule has 4 nitrogen and oxygen atoms in total. The van der Waals surface area contributed by atoms with Crippen LogP contribution in [0.2, 0.25) is 0 Å². The van der Waals surface area contributed by atoms with Gasteiger partial charge < -0.3 is 15.8 Å². The molecule has 0 aromatic heterocycles. The molecular weight excluding hydrogens is 248 g/mol. The molecule has 0 aliphatic carbocycles. The molecule has 98 valence electrons. The topological polar surface area (TPSA) is 64.3 Å². The maximum atomic E-state index is 11.8. The SMILES string of the molecule is COCCCCNC(=O)c1cccc(C(N)=S)c1. The molecule has 0 aliphatic rings. The monoisotopic (exact) mass is 266 g/mol. The number of rotatable bonds is 7. The molecule has 0 saturated heterocycles. The van der Waals surface area contributed by atoms with Crippen LogP contribution in [0.1, 0.15) is 28.8 Å². The maximum absolute atomic E-state index is 11.8. The number of hydrogen-bond donors (Lipinski definition) is 2. The van der Waals surface area contributed by atoms with Gasteiger partial charge in [-0.1, -0.05) is 24.4 Å². The molecule has 0 radical (unpaired) electrons. The lowest BCUT2D eigenvalue weighted by Crippen LogP contribution is -2.25. The molecule has 0 bridgehead atoms. The first-order chi connectivity index (χ1) is 8.65. The molecule has 0 spiro atoms. The Morgan fingerprint density at radius 1 is 1.39 bits per heavy atom. The summed E-state index contributed by atoms with van der Waals surface area (Å²) in [7, 11) is 1.67. The van der Waals surface area contributed by atoms with E-state index in [1.807, 2.05) is 0 Å². The highest BCUT2D eigenvalue weighted by Gasteiger charge is 2.06. The Bertz CT molecular complexity index is 421. The summed E-state index contributed by atoms with van der Waals surface area (Å²) in [6.07, 6.45) is 1.83. The average Bonchev–Trinajstić information content (AvgIpc) is 2.38. The number of nitrogens with two attached hydrogens (primary N) is 1. The van der Waals surface area contributed by atoms with Crippen molar-refractivity contribution < 1.29 is 9.53 Å². The van der Waals surface area contributed by atoms with E-state index in [2.05, 4.69) is 5.32 Å². The highest BCUT2D eigenvalue weighted by molar-refractivity contribution is 7.80. The van der Waals surface area contributed by atoms with Crippen LogP contribution in [-0.4, -0.2) is 31.2 Å². The number of ether oxygens (including phenoxy) is 1. The molecule has 1 aromatic rings. The number of unbranched alkanes of at least 4 members (excludes halogenated alkanes) is 1. The van der Waals surface area contributed by atoms with Crippen molar-refractivity contribution in [1.82, 2.24) is 5.32 Å². The smallest absolute Gasteiger partial charge is 0.251 e. The van der Waals surface area contributed by atoms with E-state index in [1.54, 1.807) is 31.4 Å². The number of carbonyl (C=O) groups excluding carboxylic acids is 1. The van der Waals surface area contributed by atoms with Crippen LogP contribution in [0.4, 0.5) is 0 Å². The summed E-state index contributed by atoms with van der Waals surface area (Å²) in [5, 5.41) is 2.85. The van der Waals surface area contributed by atoms with E-state index in [1.165, 1.54) is 0 Å². The first-order valence-corrected chi connectivity index (χ1v) is 6.23. The molecule has 1 amide bonds. The standard InChI is InChI=1S/C13H18N2O2S/c1-17-8-3-2-7-15-13(16)11-6-4-5-10(9-11)12(14)18/h4-6,9H,2-3,7-8H2,1H3,(H2,14,18)(H,15,16). The minimum atomic E-state index is -0.106. The largest absolute Gasteiger partial charge is 0.389 e. The number of nitrogens with one attached hydrogen (secondary N) is 1. The molecule has 0 aliphatic heterocycles. The summed E-state index contributed by atoms with van der Waals surface area (Å²) in [5.74, 6) is -0.106. The second-order valence-corrected chi connectivity index (χ2v) is 4.34. The molecule has 0 atom stereocenters. The third-order valence-corrected chi connectivity index (χ3v) is 2.71. The lowest BCUT2D eigenvalue weighted by molar-refractivity contribution is 0.0951. The van der Waals surface area contributed by atoms with Crippen LogP contribution < -0.4 is 11.1 Å². The summed E-state index contributed by atoms with van der Waals surface area (Å²) >= 11 is 4.88. The first-order valence-electron chi connectivity index (χ1n) is 5.82. The van der Waals surface area contributed by atoms with Gasteiger partial charge in [-0.25, -0.2) is 0 Å². The molecule has 1 aromatic carbocycles. The molecular formula is C13H18N2O2S. The van der Waals surface area contributed by atoms with Crippen LogP contribution in [0.5, 0.6) is 0 Å². The van der Waals surface area contributed by atoms with Gasteiger partial charge in [0, 0.05) is 31.4 Å². The fourth-order valence-electron chi connectivity index (χ4n) is 1.49. The lowest BCUT2D eigenvalue weighted by Gasteiger charge is -2.06. The predicted octanol–water partition coefficient (Wildman–Crippen LogP) is 1.48. The molecule has 0 heterocycles. The second-order valence-electron chi connectivity index (χ2n) is 3.90. The van der Waals surface area contributed by atoms with Gasteiger partial charge in [0.15, 0.2) is 0 Å². The van der Waals surface area contributed by atoms with Gasteiger partial charge in [-0.05, 0) is 25.0 Å². The number of amides is 1. The van der Waals surface area contributed by atoms with Crippen molar-refractivity contribution in [2.45, 2.75) is 12.8 Å². The van der Waals surface area contributed by atoms with Crippen molar-refractivity contribution in [2.75, 3.05) is 20.3 Å². The highest BCUT2D eigenvalue weighted by atomic mass is 32.1. The van der Waals surface area contributed by atoms with Crippen LogP contribution >= 0.6 is 12.2 Å². The zero-order chi connectivity index (χ0) is 13.4. The third kappa shape index (κ3) is 4.81. The van der Waals surface area contributed by atoms with Gasteiger partial charge in [0.25, 0.3) is 5.91 Å². The predicted molar refractivity (Wildman–Crippen MR) is 75.8 cm³/mol. The van der Waals surface area contributed by atoms with Crippen molar-refractivity contribution in [3.05, 3.63) is 35.4 Å². The van der Waals surface area contributed by atoms with E-state index in [0.29, 0.717) is 29.3 Å². The van der Waals surface area contributed by atoms with Gasteiger partial charge in [0.05, 0.1) is 0 Å². The molecule has 3 N–H and O–H groups in total. The number of carbonyl (C=O) groups is 1. The van der Waals surface area contributed by atoms with Crippen molar-refractivity contribution in [2.24, 2.45) is 5.73 Å². The van der Waals surface area contributed by atoms with E-state index in [9.17, 15) is 4.79 Å². The maximum Gasteiger partial charge on any atom is 0.251 e. The van der Waals surface area contributed by atoms with Crippen LogP contribution in [0, 0.1) is 0 Å². The van der Waals surface area contributed by atoms with E-state index >= 15 is 0 Å². The Morgan fingerprint density at radius 3 is 2.78 bits per heavy atom. The second kappa shape index (κ2) is 7.79. The summed E-state index contributed by atoms with van der Waals surface area (Å²) in [4.78, 5) is 12.1. The number of benzene rings is 1. The third-order valence-electron chi connectivity index (χ3n) is 2.47. The normalized spacial score (nSPS) is 10.1. The fraction of sp³-hybridized carbons (Fsp3) is 0.385. The van der Waals surface area contributed by atoms with Gasteiger partial charge in [-0.15, -0.1) is 0 Å². The van der Waals surface area contributed by atoms with Gasteiger partial charge >= 0.3 is 0 Å². The number of methoxy groups -OCH3 is 1. The molecule has 0 saturated carbocycles. The van der Waals surface area contributed by atoms with E-state index in [-0.39, 0.29) is 5.91 Å². The molecule has 1 rings (SSSR count). The summed E-state index contributed by atoms with van der Waals surface area (Å²) in [6.45, 7) is 1.35. The number of thiocarbonyl (C=S) groups is 1. The lowest BCUT2D eigenvalue weighted by atomic mass is 10.1. The Morgan fingerprint density at radius 2 is 2.11 bits per heavy atom. The molecule has 0 unspecified atom stereocenters. The average molecular weight is 266 g/mol. The molecule has 5 heteroatoms. The Hall–Kier alpha value is -1.46. The van der Waals surface area contributed by atoms with Crippen molar-refractivity contribution >= 4 is 23.1 Å². The summed E-state index contributed by atoms with van der Waals surface area (Å²) in [6, 6.07) is 7.01. The minimum absolute atomic E-state index is 0.106. The van der Waals surface area contributed by atoms with E-state index < -0.39 is 0 Å². The van der Waals surface area contributed by atoms with Gasteiger partial charge in [0.2, 0.25) is 0 Å². The minimum Gasteiger partial charge on any atom is -0.389 e. The Kier molecular flexibility index (Phi) is 6.32. The first kappa shape index (κ1) is 14.6.